The summed E-state index contributed by atoms with van der Waals surface area (Å²) in [6.45, 7) is -0.488. The van der Waals surface area contributed by atoms with Crippen LogP contribution >= 0.6 is 0 Å². The summed E-state index contributed by atoms with van der Waals surface area (Å²) in [7, 11) is 2.22. The summed E-state index contributed by atoms with van der Waals surface area (Å²) in [5.74, 6) is 0. The Morgan fingerprint density at radius 2 is 0.608 bits per heavy atom. The molecule has 4 aliphatic heterocycles. The molecule has 0 amide bonds. The molecule has 4 heterocycles. The van der Waals surface area contributed by atoms with Crippen molar-refractivity contribution >= 4 is 25.9 Å². The standard InChI is InChI=1S/C26H38O25/c1-39-15-7(31)12(36)20(49-23(15)41-3-27)46-17-9(33)14(38)22(51-25(17)43-5-29)47-18-10(34)13(37)21(50-26(18)44-6-30)45-16-8(32)11(35)19(40-2)48-24(16)42-4-28/h3-26,31-38H,1-2H3/t7-,8?,9?,10-,11?,12?,13?,14?,15-,16-,17-,18-,19+,20+,21+,22+,23?,24+,25+,26?/m0/s1. The third-order valence-corrected chi connectivity index (χ3v) is 8.14. The highest BCUT2D eigenvalue weighted by atomic mass is 16.8. The van der Waals surface area contributed by atoms with Gasteiger partial charge < -0.3 is 102 Å². The minimum atomic E-state index is -2.19. The molecule has 4 rings (SSSR count). The Kier molecular flexibility index (Phi) is 14.7. The van der Waals surface area contributed by atoms with Crippen LogP contribution in [0.1, 0.15) is 0 Å². The van der Waals surface area contributed by atoms with E-state index in [1.807, 2.05) is 0 Å². The van der Waals surface area contributed by atoms with Gasteiger partial charge in [-0.05, 0) is 0 Å². The van der Waals surface area contributed by atoms with Gasteiger partial charge in [-0.25, -0.2) is 0 Å². The average Bonchev–Trinajstić information content (AvgIpc) is 3.11. The predicted octanol–water partition coefficient (Wildman–Crippen LogP) is -7.89. The van der Waals surface area contributed by atoms with Gasteiger partial charge in [0.15, 0.2) is 43.5 Å². The number of hydrogen-bond acceptors (Lipinski definition) is 25. The zero-order valence-corrected chi connectivity index (χ0v) is 26.4. The SMILES string of the molecule is CO[C@@H]1O[C@@H](OC=O)[C@@H](O[C@@H]2OC(OC=O)[C@@H](O[C@@H]3O[C@@H](OC=O)[C@@H](O[C@@H]4OC(OC=O)[C@@H](OC)[C@@H](O)C4O)C(O)C3O)[C@@H](O)C2O)C(O)C1O. The first-order valence-electron chi connectivity index (χ1n) is 14.8. The molecule has 8 unspecified atom stereocenters. The normalized spacial score (nSPS) is 47.4. The molecule has 0 bridgehead atoms. The first-order valence-corrected chi connectivity index (χ1v) is 14.8. The van der Waals surface area contributed by atoms with Crippen LogP contribution in [0.5, 0.6) is 0 Å². The minimum Gasteiger partial charge on any atom is -0.435 e. The van der Waals surface area contributed by atoms with Gasteiger partial charge in [0, 0.05) is 14.2 Å². The number of rotatable bonds is 16. The number of carbonyl (C=O) groups excluding carboxylic acids is 4. The minimum absolute atomic E-state index is 0.0506. The van der Waals surface area contributed by atoms with E-state index >= 15 is 0 Å². The van der Waals surface area contributed by atoms with Gasteiger partial charge in [-0.15, -0.1) is 0 Å². The molecule has 8 N–H and O–H groups in total. The summed E-state index contributed by atoms with van der Waals surface area (Å²) >= 11 is 0. The van der Waals surface area contributed by atoms with Gasteiger partial charge in [-0.3, -0.25) is 19.2 Å². The second kappa shape index (κ2) is 18.3. The molecule has 0 aliphatic carbocycles. The fourth-order valence-electron chi connectivity index (χ4n) is 5.56. The van der Waals surface area contributed by atoms with E-state index in [2.05, 4.69) is 0 Å². The lowest BCUT2D eigenvalue weighted by Crippen LogP contribution is -2.67. The number of aliphatic hydroxyl groups excluding tert-OH is 8. The van der Waals surface area contributed by atoms with Crippen LogP contribution in [-0.4, -0.2) is 205 Å². The van der Waals surface area contributed by atoms with Crippen molar-refractivity contribution in [2.24, 2.45) is 0 Å². The number of ether oxygens (including phenoxy) is 13. The Labute approximate surface area is 285 Å². The van der Waals surface area contributed by atoms with E-state index in [1.54, 1.807) is 0 Å². The van der Waals surface area contributed by atoms with Crippen molar-refractivity contribution in [2.75, 3.05) is 14.2 Å². The maximum atomic E-state index is 11.3. The molecule has 4 saturated heterocycles. The van der Waals surface area contributed by atoms with Gasteiger partial charge in [0.2, 0.25) is 25.2 Å². The molecule has 51 heavy (non-hydrogen) atoms. The molecule has 4 fully saturated rings. The highest BCUT2D eigenvalue weighted by Gasteiger charge is 2.57. The first-order chi connectivity index (χ1) is 24.4. The fraction of sp³-hybridized carbons (Fsp3) is 0.846. The van der Waals surface area contributed by atoms with Gasteiger partial charge >= 0.3 is 0 Å². The Morgan fingerprint density at radius 3 is 0.882 bits per heavy atom. The largest absolute Gasteiger partial charge is 0.435 e. The number of carbonyl (C=O) groups is 4. The Balaban J connectivity index is 1.49. The van der Waals surface area contributed by atoms with Crippen molar-refractivity contribution in [1.29, 1.82) is 0 Å². The summed E-state index contributed by atoms with van der Waals surface area (Å²) in [4.78, 5) is 44.6. The summed E-state index contributed by atoms with van der Waals surface area (Å²) in [5, 5.41) is 85.5. The van der Waals surface area contributed by atoms with E-state index in [-0.39, 0.29) is 25.9 Å². The second-order valence-corrected chi connectivity index (χ2v) is 11.1. The van der Waals surface area contributed by atoms with Gasteiger partial charge in [-0.1, -0.05) is 0 Å². The van der Waals surface area contributed by atoms with Crippen LogP contribution in [-0.2, 0) is 80.8 Å². The predicted molar refractivity (Wildman–Crippen MR) is 144 cm³/mol. The second-order valence-electron chi connectivity index (χ2n) is 11.1. The zero-order valence-electron chi connectivity index (χ0n) is 26.4. The van der Waals surface area contributed by atoms with Crippen LogP contribution in [0.2, 0.25) is 0 Å². The Bertz CT molecular complexity index is 1130. The highest BCUT2D eigenvalue weighted by molar-refractivity contribution is 5.38. The molecular formula is C26H38O25. The Hall–Kier alpha value is -2.80. The van der Waals surface area contributed by atoms with Crippen LogP contribution in [0.15, 0.2) is 0 Å². The van der Waals surface area contributed by atoms with Crippen LogP contribution in [0, 0.1) is 0 Å². The molecule has 292 valence electrons. The third kappa shape index (κ3) is 8.71. The van der Waals surface area contributed by atoms with Crippen LogP contribution in [0.25, 0.3) is 0 Å². The maximum absolute atomic E-state index is 11.3. The zero-order chi connectivity index (χ0) is 37.6. The monoisotopic (exact) mass is 750 g/mol. The third-order valence-electron chi connectivity index (χ3n) is 8.14. The molecule has 0 spiro atoms. The van der Waals surface area contributed by atoms with Gasteiger partial charge in [-0.2, -0.15) is 0 Å². The lowest BCUT2D eigenvalue weighted by Gasteiger charge is -2.48. The van der Waals surface area contributed by atoms with Crippen molar-refractivity contribution in [3.63, 3.8) is 0 Å². The summed E-state index contributed by atoms with van der Waals surface area (Å²) in [6.07, 6.45) is -38.3. The molecular weight excluding hydrogens is 712 g/mol. The first kappa shape index (κ1) is 41.0. The van der Waals surface area contributed by atoms with Crippen molar-refractivity contribution < 1.29 is 122 Å². The van der Waals surface area contributed by atoms with E-state index in [0.29, 0.717) is 0 Å². The summed E-state index contributed by atoms with van der Waals surface area (Å²) < 4.78 is 66.6. The van der Waals surface area contributed by atoms with Gasteiger partial charge in [0.1, 0.15) is 54.9 Å². The van der Waals surface area contributed by atoms with Gasteiger partial charge in [0.25, 0.3) is 25.9 Å². The number of hydrogen-bond donors (Lipinski definition) is 8. The van der Waals surface area contributed by atoms with E-state index in [1.165, 1.54) is 0 Å². The van der Waals surface area contributed by atoms with E-state index in [9.17, 15) is 60.0 Å². The molecule has 0 radical (unpaired) electrons. The molecule has 4 aliphatic rings. The smallest absolute Gasteiger partial charge is 0.295 e. The Morgan fingerprint density at radius 1 is 0.353 bits per heavy atom. The van der Waals surface area contributed by atoms with Crippen LogP contribution < -0.4 is 0 Å². The fourth-order valence-corrected chi connectivity index (χ4v) is 5.56. The van der Waals surface area contributed by atoms with E-state index < -0.39 is 124 Å². The van der Waals surface area contributed by atoms with Gasteiger partial charge in [0.05, 0.1) is 0 Å². The summed E-state index contributed by atoms with van der Waals surface area (Å²) in [6, 6.07) is 0. The van der Waals surface area contributed by atoms with Crippen molar-refractivity contribution in [1.82, 2.24) is 0 Å². The molecule has 0 aromatic heterocycles. The number of methoxy groups -OCH3 is 2. The van der Waals surface area contributed by atoms with E-state index in [0.717, 1.165) is 14.2 Å². The molecule has 25 nitrogen and oxygen atoms in total. The van der Waals surface area contributed by atoms with Crippen molar-refractivity contribution in [3.8, 4) is 0 Å². The van der Waals surface area contributed by atoms with Crippen molar-refractivity contribution in [3.05, 3.63) is 0 Å². The van der Waals surface area contributed by atoms with Crippen molar-refractivity contribution in [2.45, 2.75) is 124 Å². The topological polar surface area (TPSA) is 350 Å². The van der Waals surface area contributed by atoms with E-state index in [4.69, 9.17) is 61.6 Å². The average molecular weight is 751 g/mol. The molecule has 0 saturated carbocycles. The highest BCUT2D eigenvalue weighted by Crippen LogP contribution is 2.35. The molecule has 25 heteroatoms. The maximum Gasteiger partial charge on any atom is 0.295 e. The lowest BCUT2D eigenvalue weighted by atomic mass is 10.00. The quantitative estimate of drug-likeness (QED) is 0.0536. The molecule has 0 aromatic carbocycles. The van der Waals surface area contributed by atoms with Crippen LogP contribution in [0.4, 0.5) is 0 Å². The molecule has 20 atom stereocenters. The number of aliphatic hydroxyl groups is 8. The molecule has 0 aromatic rings. The summed E-state index contributed by atoms with van der Waals surface area (Å²) in [5.41, 5.74) is 0. The lowest BCUT2D eigenvalue weighted by molar-refractivity contribution is -0.422. The van der Waals surface area contributed by atoms with Crippen LogP contribution in [0.3, 0.4) is 0 Å².